The molecule has 0 bridgehead atoms. The van der Waals surface area contributed by atoms with Crippen molar-refractivity contribution in [3.63, 3.8) is 0 Å². The number of rotatable bonds is 5. The summed E-state index contributed by atoms with van der Waals surface area (Å²) in [7, 11) is 0. The molecule has 0 aliphatic carbocycles. The minimum Gasteiger partial charge on any atom is -0.494 e. The molecule has 3 aromatic carbocycles. The number of hydrogen-bond acceptors (Lipinski definition) is 1. The van der Waals surface area contributed by atoms with Gasteiger partial charge in [-0.05, 0) is 111 Å². The third kappa shape index (κ3) is 3.64. The van der Waals surface area contributed by atoms with Crippen LogP contribution in [-0.2, 0) is 0 Å². The van der Waals surface area contributed by atoms with Crippen molar-refractivity contribution in [2.24, 2.45) is 5.92 Å². The van der Waals surface area contributed by atoms with Crippen LogP contribution in [0.2, 0.25) is 0 Å². The Morgan fingerprint density at radius 1 is 0.724 bits per heavy atom. The smallest absolute Gasteiger partial charge is 0.119 e. The molecule has 0 spiro atoms. The molecule has 150 valence electrons. The van der Waals surface area contributed by atoms with Gasteiger partial charge in [-0.3, -0.25) is 0 Å². The molecule has 1 aromatic heterocycles. The van der Waals surface area contributed by atoms with Crippen LogP contribution in [0, 0.1) is 33.6 Å². The van der Waals surface area contributed by atoms with Gasteiger partial charge in [0, 0.05) is 16.5 Å². The zero-order chi connectivity index (χ0) is 20.7. The Morgan fingerprint density at radius 2 is 1.21 bits per heavy atom. The lowest BCUT2D eigenvalue weighted by Crippen LogP contribution is -2.01. The fourth-order valence-electron chi connectivity index (χ4n) is 3.92. The highest BCUT2D eigenvalue weighted by molar-refractivity contribution is 6.10. The summed E-state index contributed by atoms with van der Waals surface area (Å²) in [6.45, 7) is 14.0. The molecular weight excluding hydrogens is 354 g/mol. The van der Waals surface area contributed by atoms with Gasteiger partial charge in [0.1, 0.15) is 5.75 Å². The zero-order valence-corrected chi connectivity index (χ0v) is 18.5. The molecule has 0 amide bonds. The van der Waals surface area contributed by atoms with Crippen molar-refractivity contribution in [1.82, 2.24) is 4.57 Å². The minimum atomic E-state index is 0.658. The number of aromatic nitrogens is 1. The third-order valence-electron chi connectivity index (χ3n) is 6.05. The first-order valence-electron chi connectivity index (χ1n) is 10.6. The van der Waals surface area contributed by atoms with Gasteiger partial charge in [0.15, 0.2) is 0 Å². The fraction of sp³-hybridized carbons (Fsp3) is 0.333. The van der Waals surface area contributed by atoms with E-state index < -0.39 is 0 Å². The Bertz CT molecular complexity index is 1110. The Balaban J connectivity index is 1.85. The fourth-order valence-corrected chi connectivity index (χ4v) is 3.92. The summed E-state index contributed by atoms with van der Waals surface area (Å²) < 4.78 is 8.31. The molecule has 4 rings (SSSR count). The number of fused-ring (bicyclic) bond motifs is 3. The standard InChI is InChI=1S/C27H31NO/c1-17(2)11-12-29-23-9-7-22(8-10-23)28-26-15-20(5)18(3)13-24(26)25-14-19(4)21(6)16-27(25)28/h7-10,13-17H,11-12H2,1-6H3. The molecule has 0 aliphatic heterocycles. The molecule has 0 saturated heterocycles. The van der Waals surface area contributed by atoms with Crippen LogP contribution in [0.1, 0.15) is 42.5 Å². The summed E-state index contributed by atoms with van der Waals surface area (Å²) in [6, 6.07) is 17.8. The predicted octanol–water partition coefficient (Wildman–Crippen LogP) is 7.44. The van der Waals surface area contributed by atoms with Crippen molar-refractivity contribution in [1.29, 1.82) is 0 Å². The van der Waals surface area contributed by atoms with Crippen molar-refractivity contribution in [3.8, 4) is 11.4 Å². The van der Waals surface area contributed by atoms with E-state index in [2.05, 4.69) is 94.6 Å². The van der Waals surface area contributed by atoms with E-state index in [0.717, 1.165) is 18.8 Å². The van der Waals surface area contributed by atoms with E-state index >= 15 is 0 Å². The Kier molecular flexibility index (Phi) is 5.12. The average molecular weight is 386 g/mol. The highest BCUT2D eigenvalue weighted by atomic mass is 16.5. The lowest BCUT2D eigenvalue weighted by atomic mass is 10.0. The van der Waals surface area contributed by atoms with Gasteiger partial charge in [-0.15, -0.1) is 0 Å². The monoisotopic (exact) mass is 385 g/mol. The quantitative estimate of drug-likeness (QED) is 0.348. The maximum Gasteiger partial charge on any atom is 0.119 e. The van der Waals surface area contributed by atoms with E-state index in [4.69, 9.17) is 4.74 Å². The number of nitrogens with zero attached hydrogens (tertiary/aromatic N) is 1. The van der Waals surface area contributed by atoms with Gasteiger partial charge in [-0.25, -0.2) is 0 Å². The van der Waals surface area contributed by atoms with Crippen molar-refractivity contribution in [3.05, 3.63) is 70.8 Å². The molecule has 4 aromatic rings. The van der Waals surface area contributed by atoms with Gasteiger partial charge < -0.3 is 9.30 Å². The lowest BCUT2D eigenvalue weighted by molar-refractivity contribution is 0.289. The van der Waals surface area contributed by atoms with Crippen LogP contribution in [0.5, 0.6) is 5.75 Å². The second-order valence-electron chi connectivity index (χ2n) is 8.77. The Labute approximate surface area is 174 Å². The summed E-state index contributed by atoms with van der Waals surface area (Å²) in [4.78, 5) is 0. The Morgan fingerprint density at radius 3 is 1.69 bits per heavy atom. The largest absolute Gasteiger partial charge is 0.494 e. The van der Waals surface area contributed by atoms with Gasteiger partial charge in [-0.1, -0.05) is 13.8 Å². The van der Waals surface area contributed by atoms with Gasteiger partial charge in [0.25, 0.3) is 0 Å². The van der Waals surface area contributed by atoms with Crippen LogP contribution >= 0.6 is 0 Å². The van der Waals surface area contributed by atoms with E-state index in [-0.39, 0.29) is 0 Å². The lowest BCUT2D eigenvalue weighted by Gasteiger charge is -2.12. The van der Waals surface area contributed by atoms with Gasteiger partial charge >= 0.3 is 0 Å². The van der Waals surface area contributed by atoms with Gasteiger partial charge in [-0.2, -0.15) is 0 Å². The summed E-state index contributed by atoms with van der Waals surface area (Å²) >= 11 is 0. The predicted molar refractivity (Wildman–Crippen MR) is 125 cm³/mol. The molecular formula is C27H31NO. The molecule has 0 radical (unpaired) electrons. The molecule has 2 heteroatoms. The molecule has 1 heterocycles. The van der Waals surface area contributed by atoms with Crippen molar-refractivity contribution < 1.29 is 4.74 Å². The van der Waals surface area contributed by atoms with Crippen LogP contribution in [0.25, 0.3) is 27.5 Å². The normalized spacial score (nSPS) is 11.7. The van der Waals surface area contributed by atoms with E-state index in [1.54, 1.807) is 0 Å². The Hall–Kier alpha value is -2.74. The SMILES string of the molecule is Cc1cc2c3cc(C)c(C)cc3n(-c3ccc(OCCC(C)C)cc3)c2cc1C. The molecule has 0 aliphatic rings. The second kappa shape index (κ2) is 7.59. The number of hydrogen-bond donors (Lipinski definition) is 0. The van der Waals surface area contributed by atoms with Crippen molar-refractivity contribution in [2.75, 3.05) is 6.61 Å². The van der Waals surface area contributed by atoms with E-state index in [0.29, 0.717) is 5.92 Å². The molecule has 0 saturated carbocycles. The summed E-state index contributed by atoms with van der Waals surface area (Å²) in [5.74, 6) is 1.60. The average Bonchev–Trinajstić information content (AvgIpc) is 2.95. The molecule has 0 atom stereocenters. The van der Waals surface area contributed by atoms with Gasteiger partial charge in [0.05, 0.1) is 17.6 Å². The molecule has 0 N–H and O–H groups in total. The van der Waals surface area contributed by atoms with Crippen LogP contribution in [-0.4, -0.2) is 11.2 Å². The summed E-state index contributed by atoms with van der Waals surface area (Å²) in [5.41, 5.74) is 9.02. The first kappa shape index (κ1) is 19.6. The van der Waals surface area contributed by atoms with Crippen LogP contribution in [0.4, 0.5) is 0 Å². The minimum absolute atomic E-state index is 0.658. The van der Waals surface area contributed by atoms with Crippen molar-refractivity contribution >= 4 is 21.8 Å². The highest BCUT2D eigenvalue weighted by Crippen LogP contribution is 2.35. The first-order chi connectivity index (χ1) is 13.8. The maximum absolute atomic E-state index is 5.92. The third-order valence-corrected chi connectivity index (χ3v) is 6.05. The van der Waals surface area contributed by atoms with Crippen LogP contribution in [0.15, 0.2) is 48.5 Å². The molecule has 0 unspecified atom stereocenters. The first-order valence-corrected chi connectivity index (χ1v) is 10.6. The molecule has 2 nitrogen and oxygen atoms in total. The number of benzene rings is 3. The zero-order valence-electron chi connectivity index (χ0n) is 18.5. The summed E-state index contributed by atoms with van der Waals surface area (Å²) in [6.07, 6.45) is 1.08. The molecule has 29 heavy (non-hydrogen) atoms. The second-order valence-corrected chi connectivity index (χ2v) is 8.77. The van der Waals surface area contributed by atoms with Crippen LogP contribution in [0.3, 0.4) is 0 Å². The van der Waals surface area contributed by atoms with Gasteiger partial charge in [0.2, 0.25) is 0 Å². The maximum atomic E-state index is 5.92. The topological polar surface area (TPSA) is 14.2 Å². The molecule has 0 fully saturated rings. The van der Waals surface area contributed by atoms with E-state index in [1.807, 2.05) is 0 Å². The number of ether oxygens (including phenoxy) is 1. The van der Waals surface area contributed by atoms with Crippen LogP contribution < -0.4 is 4.74 Å². The highest BCUT2D eigenvalue weighted by Gasteiger charge is 2.15. The van der Waals surface area contributed by atoms with E-state index in [1.165, 1.54) is 49.7 Å². The summed E-state index contributed by atoms with van der Waals surface area (Å²) in [5, 5.41) is 2.65. The number of aryl methyl sites for hydroxylation is 4. The van der Waals surface area contributed by atoms with Crippen molar-refractivity contribution in [2.45, 2.75) is 48.0 Å². The van der Waals surface area contributed by atoms with E-state index in [9.17, 15) is 0 Å².